The number of carbonyl (C=O) groups excluding carboxylic acids is 2. The number of methoxy groups -OCH3 is 2. The van der Waals surface area contributed by atoms with E-state index in [1.54, 1.807) is 30.3 Å². The maximum Gasteiger partial charge on any atom is 0.258 e. The highest BCUT2D eigenvalue weighted by Crippen LogP contribution is 2.39. The van der Waals surface area contributed by atoms with Gasteiger partial charge in [-0.3, -0.25) is 9.59 Å². The normalized spacial score (nSPS) is 11.9. The van der Waals surface area contributed by atoms with Crippen molar-refractivity contribution in [2.45, 2.75) is 19.9 Å². The number of carbonyl (C=O) groups is 2. The molecule has 9 heteroatoms. The second-order valence-corrected chi connectivity index (χ2v) is 6.68. The number of nitrogens with zero attached hydrogens (tertiary/aromatic N) is 2. The Labute approximate surface area is 172 Å². The number of amides is 1. The van der Waals surface area contributed by atoms with E-state index in [4.69, 9.17) is 32.7 Å². The first kappa shape index (κ1) is 21.7. The summed E-state index contributed by atoms with van der Waals surface area (Å²) in [4.78, 5) is 24.6. The van der Waals surface area contributed by atoms with Gasteiger partial charge in [0.1, 0.15) is 22.2 Å². The third kappa shape index (κ3) is 5.21. The molecular formula is C19H19Cl2N3O4. The summed E-state index contributed by atoms with van der Waals surface area (Å²) in [7, 11) is 2.87. The number of nitrogens with one attached hydrogen (secondary N) is 1. The first-order valence-electron chi connectivity index (χ1n) is 8.16. The lowest BCUT2D eigenvalue weighted by atomic mass is 10.2. The van der Waals surface area contributed by atoms with Crippen LogP contribution in [0.3, 0.4) is 0 Å². The molecule has 0 heterocycles. The number of aryl methyl sites for hydroxylation is 1. The molecule has 0 saturated carbocycles. The minimum absolute atomic E-state index is 0.139. The standard InChI is InChI=1S/C19H19Cl2N3O4/c1-10-7-12(20)9-13(8-10)23-24-17(11(2)25)19(26)22-18-15(28-4)6-5-14(27-3)16(18)21/h5-9,17H,1-4H3,(H,22,26). The Hall–Kier alpha value is -2.64. The van der Waals surface area contributed by atoms with Gasteiger partial charge in [-0.2, -0.15) is 10.2 Å². The molecule has 28 heavy (non-hydrogen) atoms. The number of halogens is 2. The van der Waals surface area contributed by atoms with E-state index in [0.29, 0.717) is 22.2 Å². The van der Waals surface area contributed by atoms with Crippen LogP contribution >= 0.6 is 23.2 Å². The molecule has 0 aliphatic rings. The zero-order chi connectivity index (χ0) is 20.8. The van der Waals surface area contributed by atoms with Crippen molar-refractivity contribution in [3.05, 3.63) is 45.9 Å². The molecule has 0 bridgehead atoms. The molecule has 0 saturated heterocycles. The van der Waals surface area contributed by atoms with Gasteiger partial charge in [0.15, 0.2) is 5.78 Å². The lowest BCUT2D eigenvalue weighted by Crippen LogP contribution is -2.32. The highest BCUT2D eigenvalue weighted by molar-refractivity contribution is 6.36. The van der Waals surface area contributed by atoms with E-state index in [1.165, 1.54) is 21.1 Å². The van der Waals surface area contributed by atoms with Gasteiger partial charge in [0.25, 0.3) is 5.91 Å². The lowest BCUT2D eigenvalue weighted by Gasteiger charge is -2.15. The number of hydrogen-bond donors (Lipinski definition) is 1. The van der Waals surface area contributed by atoms with Crippen molar-refractivity contribution < 1.29 is 19.1 Å². The molecular weight excluding hydrogens is 405 g/mol. The monoisotopic (exact) mass is 423 g/mol. The average Bonchev–Trinajstić information content (AvgIpc) is 2.62. The zero-order valence-corrected chi connectivity index (χ0v) is 17.3. The molecule has 2 aromatic carbocycles. The third-order valence-corrected chi connectivity index (χ3v) is 4.30. The minimum atomic E-state index is -1.37. The summed E-state index contributed by atoms with van der Waals surface area (Å²) in [5.41, 5.74) is 1.48. The molecule has 7 nitrogen and oxygen atoms in total. The number of ether oxygens (including phenoxy) is 2. The van der Waals surface area contributed by atoms with Gasteiger partial charge in [0.2, 0.25) is 6.04 Å². The fraction of sp³-hybridized carbons (Fsp3) is 0.263. The Balaban J connectivity index is 2.31. The van der Waals surface area contributed by atoms with Crippen molar-refractivity contribution in [1.29, 1.82) is 0 Å². The van der Waals surface area contributed by atoms with Crippen molar-refractivity contribution in [3.8, 4) is 11.5 Å². The molecule has 1 amide bonds. The molecule has 0 spiro atoms. The molecule has 2 rings (SSSR count). The van der Waals surface area contributed by atoms with Gasteiger partial charge < -0.3 is 14.8 Å². The summed E-state index contributed by atoms with van der Waals surface area (Å²) in [5.74, 6) is -0.543. The second-order valence-electron chi connectivity index (χ2n) is 5.86. The Morgan fingerprint density at radius 1 is 1.07 bits per heavy atom. The van der Waals surface area contributed by atoms with Crippen LogP contribution in [0.15, 0.2) is 40.6 Å². The zero-order valence-electron chi connectivity index (χ0n) is 15.7. The van der Waals surface area contributed by atoms with Crippen LogP contribution in [0.2, 0.25) is 10.0 Å². The summed E-state index contributed by atoms with van der Waals surface area (Å²) in [6.07, 6.45) is 0. The fourth-order valence-electron chi connectivity index (χ4n) is 2.39. The third-order valence-electron chi connectivity index (χ3n) is 3.71. The molecule has 0 aliphatic carbocycles. The van der Waals surface area contributed by atoms with Crippen LogP contribution in [0.1, 0.15) is 12.5 Å². The number of Topliss-reactive ketones (excluding diaryl/α,β-unsaturated/α-hetero) is 1. The Morgan fingerprint density at radius 3 is 2.29 bits per heavy atom. The summed E-state index contributed by atoms with van der Waals surface area (Å²) >= 11 is 12.2. The van der Waals surface area contributed by atoms with Crippen LogP contribution in [0.5, 0.6) is 11.5 Å². The number of rotatable bonds is 7. The molecule has 1 atom stereocenters. The van der Waals surface area contributed by atoms with Gasteiger partial charge in [-0.15, -0.1) is 0 Å². The number of benzene rings is 2. The van der Waals surface area contributed by atoms with Gasteiger partial charge in [0, 0.05) is 5.02 Å². The Morgan fingerprint density at radius 2 is 1.71 bits per heavy atom. The Bertz CT molecular complexity index is 911. The van der Waals surface area contributed by atoms with E-state index < -0.39 is 17.7 Å². The summed E-state index contributed by atoms with van der Waals surface area (Å²) in [6.45, 7) is 3.09. The molecule has 0 aromatic heterocycles. The smallest absolute Gasteiger partial charge is 0.258 e. The molecule has 0 radical (unpaired) electrons. The lowest BCUT2D eigenvalue weighted by molar-refractivity contribution is -0.126. The SMILES string of the molecule is COc1ccc(OC)c(NC(=O)C(N=Nc2cc(C)cc(Cl)c2)C(C)=O)c1Cl. The maximum atomic E-state index is 12.7. The molecule has 2 aromatic rings. The Kier molecular flexibility index (Phi) is 7.37. The van der Waals surface area contributed by atoms with Crippen LogP contribution < -0.4 is 14.8 Å². The topological polar surface area (TPSA) is 89.3 Å². The molecule has 0 aliphatic heterocycles. The van der Waals surface area contributed by atoms with Gasteiger partial charge in [-0.25, -0.2) is 0 Å². The number of ketones is 1. The predicted octanol–water partition coefficient (Wildman–Crippen LogP) is 5.00. The van der Waals surface area contributed by atoms with E-state index in [2.05, 4.69) is 15.5 Å². The van der Waals surface area contributed by atoms with E-state index in [1.807, 2.05) is 6.92 Å². The molecule has 0 fully saturated rings. The summed E-state index contributed by atoms with van der Waals surface area (Å²) in [5, 5.41) is 11.1. The van der Waals surface area contributed by atoms with Gasteiger partial charge in [-0.05, 0) is 49.7 Å². The first-order chi connectivity index (χ1) is 13.3. The highest BCUT2D eigenvalue weighted by Gasteiger charge is 2.26. The van der Waals surface area contributed by atoms with E-state index in [9.17, 15) is 9.59 Å². The minimum Gasteiger partial charge on any atom is -0.495 e. The largest absolute Gasteiger partial charge is 0.495 e. The number of azo groups is 1. The summed E-state index contributed by atoms with van der Waals surface area (Å²) < 4.78 is 10.4. The second kappa shape index (κ2) is 9.52. The van der Waals surface area contributed by atoms with Crippen LogP contribution in [0, 0.1) is 6.92 Å². The van der Waals surface area contributed by atoms with E-state index in [0.717, 1.165) is 5.56 Å². The quantitative estimate of drug-likeness (QED) is 0.501. The van der Waals surface area contributed by atoms with E-state index in [-0.39, 0.29) is 10.7 Å². The highest BCUT2D eigenvalue weighted by atomic mass is 35.5. The van der Waals surface area contributed by atoms with Crippen molar-refractivity contribution >= 4 is 46.3 Å². The van der Waals surface area contributed by atoms with Crippen LogP contribution in [-0.4, -0.2) is 32.0 Å². The van der Waals surface area contributed by atoms with Gasteiger partial charge >= 0.3 is 0 Å². The predicted molar refractivity (Wildman–Crippen MR) is 108 cm³/mol. The van der Waals surface area contributed by atoms with Crippen molar-refractivity contribution in [3.63, 3.8) is 0 Å². The molecule has 148 valence electrons. The fourth-order valence-corrected chi connectivity index (χ4v) is 2.96. The van der Waals surface area contributed by atoms with Crippen molar-refractivity contribution in [2.24, 2.45) is 10.2 Å². The average molecular weight is 424 g/mol. The number of anilines is 1. The van der Waals surface area contributed by atoms with Crippen LogP contribution in [0.25, 0.3) is 0 Å². The van der Waals surface area contributed by atoms with Crippen LogP contribution in [-0.2, 0) is 9.59 Å². The van der Waals surface area contributed by atoms with Crippen molar-refractivity contribution in [1.82, 2.24) is 0 Å². The van der Waals surface area contributed by atoms with Crippen molar-refractivity contribution in [2.75, 3.05) is 19.5 Å². The molecule has 1 N–H and O–H groups in total. The van der Waals surface area contributed by atoms with Crippen LogP contribution in [0.4, 0.5) is 11.4 Å². The van der Waals surface area contributed by atoms with Gasteiger partial charge in [0.05, 0.1) is 19.9 Å². The first-order valence-corrected chi connectivity index (χ1v) is 8.92. The van der Waals surface area contributed by atoms with Gasteiger partial charge in [-0.1, -0.05) is 23.2 Å². The maximum absolute atomic E-state index is 12.7. The number of hydrogen-bond acceptors (Lipinski definition) is 6. The molecule has 1 unspecified atom stereocenters. The van der Waals surface area contributed by atoms with E-state index >= 15 is 0 Å². The summed E-state index contributed by atoms with van der Waals surface area (Å²) in [6, 6.07) is 6.88.